The van der Waals surface area contributed by atoms with Crippen LogP contribution in [0.15, 0.2) is 24.3 Å². The largest absolute Gasteiger partial charge is 0.378 e. The first kappa shape index (κ1) is 10.5. The van der Waals surface area contributed by atoms with Crippen LogP contribution < -0.4 is 4.90 Å². The molecule has 0 aliphatic carbocycles. The molecule has 1 fully saturated rings. The summed E-state index contributed by atoms with van der Waals surface area (Å²) in [5.74, 6) is 0. The normalized spacial score (nSPS) is 21.9. The summed E-state index contributed by atoms with van der Waals surface area (Å²) >= 11 is 0. The molecule has 1 aromatic carbocycles. The van der Waals surface area contributed by atoms with Gasteiger partial charge in [-0.15, -0.1) is 0 Å². The van der Waals surface area contributed by atoms with Gasteiger partial charge in [0.05, 0.1) is 6.61 Å². The predicted molar refractivity (Wildman–Crippen MR) is 62.1 cm³/mol. The minimum Gasteiger partial charge on any atom is -0.378 e. The maximum absolute atomic E-state index is 5.66. The van der Waals surface area contributed by atoms with Gasteiger partial charge in [-0.3, -0.25) is 4.90 Å². The van der Waals surface area contributed by atoms with Crippen LogP contribution in [0.1, 0.15) is 11.8 Å². The van der Waals surface area contributed by atoms with Crippen LogP contribution in [0, 0.1) is 0 Å². The number of hydrogen-bond acceptors (Lipinski definition) is 3. The van der Waals surface area contributed by atoms with Gasteiger partial charge in [0.1, 0.15) is 6.23 Å². The van der Waals surface area contributed by atoms with E-state index in [0.717, 1.165) is 13.2 Å². The Hall–Kier alpha value is -1.06. The average molecular weight is 206 g/mol. The summed E-state index contributed by atoms with van der Waals surface area (Å²) in [6.07, 6.45) is 0.140. The summed E-state index contributed by atoms with van der Waals surface area (Å²) in [5, 5.41) is 0. The molecule has 3 nitrogen and oxygen atoms in total. The molecule has 3 heteroatoms. The molecule has 0 bridgehead atoms. The summed E-state index contributed by atoms with van der Waals surface area (Å²) in [4.78, 5) is 4.33. The molecule has 0 spiro atoms. The summed E-state index contributed by atoms with van der Waals surface area (Å²) in [6, 6.07) is 8.54. The van der Waals surface area contributed by atoms with E-state index >= 15 is 0 Å². The van der Waals surface area contributed by atoms with E-state index in [-0.39, 0.29) is 6.23 Å². The molecular formula is C12H18N2O. The highest BCUT2D eigenvalue weighted by molar-refractivity contribution is 5.46. The first-order valence-electron chi connectivity index (χ1n) is 5.27. The maximum atomic E-state index is 5.66. The Morgan fingerprint density at radius 1 is 1.27 bits per heavy atom. The van der Waals surface area contributed by atoms with E-state index in [1.807, 2.05) is 14.1 Å². The van der Waals surface area contributed by atoms with Crippen LogP contribution in [0.3, 0.4) is 0 Å². The van der Waals surface area contributed by atoms with E-state index < -0.39 is 0 Å². The van der Waals surface area contributed by atoms with Crippen molar-refractivity contribution in [3.05, 3.63) is 29.8 Å². The third-order valence-corrected chi connectivity index (χ3v) is 2.81. The van der Waals surface area contributed by atoms with Crippen LogP contribution in [-0.2, 0) is 4.74 Å². The van der Waals surface area contributed by atoms with Crippen molar-refractivity contribution >= 4 is 5.69 Å². The second-order valence-corrected chi connectivity index (χ2v) is 4.19. The third kappa shape index (κ3) is 2.13. The van der Waals surface area contributed by atoms with Crippen molar-refractivity contribution in [2.75, 3.05) is 39.2 Å². The van der Waals surface area contributed by atoms with Gasteiger partial charge < -0.3 is 9.64 Å². The lowest BCUT2D eigenvalue weighted by atomic mass is 10.1. The van der Waals surface area contributed by atoms with Crippen molar-refractivity contribution in [1.82, 2.24) is 4.90 Å². The standard InChI is InChI=1S/C12H18N2O/c1-13(2)11-6-4-10(5-7-11)12-14(3)8-9-15-12/h4-7,12H,8-9H2,1-3H3/t12-/m0/s1. The van der Waals surface area contributed by atoms with Crippen LogP contribution in [0.5, 0.6) is 0 Å². The minimum atomic E-state index is 0.140. The average Bonchev–Trinajstić information content (AvgIpc) is 2.65. The lowest BCUT2D eigenvalue weighted by molar-refractivity contribution is 0.0454. The summed E-state index contributed by atoms with van der Waals surface area (Å²) in [7, 11) is 6.19. The molecule has 1 aliphatic heterocycles. The fourth-order valence-corrected chi connectivity index (χ4v) is 1.84. The summed E-state index contributed by atoms with van der Waals surface area (Å²) in [5.41, 5.74) is 2.46. The highest BCUT2D eigenvalue weighted by atomic mass is 16.5. The number of rotatable bonds is 2. The first-order chi connectivity index (χ1) is 7.18. The number of likely N-dealkylation sites (N-methyl/N-ethyl adjacent to an activating group) is 1. The Labute approximate surface area is 91.2 Å². The van der Waals surface area contributed by atoms with Crippen molar-refractivity contribution in [3.63, 3.8) is 0 Å². The number of ether oxygens (including phenoxy) is 1. The second-order valence-electron chi connectivity index (χ2n) is 4.19. The van der Waals surface area contributed by atoms with E-state index in [4.69, 9.17) is 4.74 Å². The van der Waals surface area contributed by atoms with E-state index in [9.17, 15) is 0 Å². The van der Waals surface area contributed by atoms with E-state index in [2.05, 4.69) is 41.1 Å². The summed E-state index contributed by atoms with van der Waals surface area (Å²) < 4.78 is 5.66. The lowest BCUT2D eigenvalue weighted by Crippen LogP contribution is -2.18. The number of benzene rings is 1. The van der Waals surface area contributed by atoms with Gasteiger partial charge in [-0.05, 0) is 24.7 Å². The molecule has 0 amide bonds. The Morgan fingerprint density at radius 2 is 1.93 bits per heavy atom. The molecule has 1 aliphatic rings. The van der Waals surface area contributed by atoms with Gasteiger partial charge in [0.25, 0.3) is 0 Å². The zero-order chi connectivity index (χ0) is 10.8. The molecule has 82 valence electrons. The molecule has 15 heavy (non-hydrogen) atoms. The third-order valence-electron chi connectivity index (χ3n) is 2.81. The lowest BCUT2D eigenvalue weighted by Gasteiger charge is -2.19. The first-order valence-corrected chi connectivity index (χ1v) is 5.27. The van der Waals surface area contributed by atoms with Gasteiger partial charge in [-0.25, -0.2) is 0 Å². The molecule has 0 aromatic heterocycles. The monoisotopic (exact) mass is 206 g/mol. The number of hydrogen-bond donors (Lipinski definition) is 0. The van der Waals surface area contributed by atoms with E-state index in [1.54, 1.807) is 0 Å². The molecule has 1 heterocycles. The fraction of sp³-hybridized carbons (Fsp3) is 0.500. The second kappa shape index (κ2) is 4.21. The molecule has 1 aromatic rings. The van der Waals surface area contributed by atoms with Crippen molar-refractivity contribution in [1.29, 1.82) is 0 Å². The topological polar surface area (TPSA) is 15.7 Å². The maximum Gasteiger partial charge on any atom is 0.136 e. The molecule has 1 atom stereocenters. The van der Waals surface area contributed by atoms with Crippen LogP contribution >= 0.6 is 0 Å². The highest BCUT2D eigenvalue weighted by Crippen LogP contribution is 2.26. The van der Waals surface area contributed by atoms with Crippen LogP contribution in [-0.4, -0.2) is 39.2 Å². The van der Waals surface area contributed by atoms with Gasteiger partial charge in [0.2, 0.25) is 0 Å². The van der Waals surface area contributed by atoms with Gasteiger partial charge in [-0.2, -0.15) is 0 Å². The van der Waals surface area contributed by atoms with Crippen LogP contribution in [0.2, 0.25) is 0 Å². The van der Waals surface area contributed by atoms with Crippen molar-refractivity contribution in [2.45, 2.75) is 6.23 Å². The SMILES string of the molecule is CN(C)c1ccc([C@@H]2OCCN2C)cc1. The molecule has 0 unspecified atom stereocenters. The van der Waals surface area contributed by atoms with Gasteiger partial charge in [-0.1, -0.05) is 12.1 Å². The molecule has 0 radical (unpaired) electrons. The van der Waals surface area contributed by atoms with Gasteiger partial charge in [0, 0.05) is 26.3 Å². The van der Waals surface area contributed by atoms with Crippen molar-refractivity contribution in [3.8, 4) is 0 Å². The molecule has 1 saturated heterocycles. The van der Waals surface area contributed by atoms with Gasteiger partial charge >= 0.3 is 0 Å². The van der Waals surface area contributed by atoms with Gasteiger partial charge in [0.15, 0.2) is 0 Å². The number of anilines is 1. The Kier molecular flexibility index (Phi) is 2.93. The molecule has 0 N–H and O–H groups in total. The zero-order valence-corrected chi connectivity index (χ0v) is 9.60. The molecule has 0 saturated carbocycles. The molecule has 2 rings (SSSR count). The Bertz CT molecular complexity index is 321. The van der Waals surface area contributed by atoms with E-state index in [1.165, 1.54) is 11.3 Å². The van der Waals surface area contributed by atoms with Crippen molar-refractivity contribution in [2.24, 2.45) is 0 Å². The fourth-order valence-electron chi connectivity index (χ4n) is 1.84. The van der Waals surface area contributed by atoms with E-state index in [0.29, 0.717) is 0 Å². The highest BCUT2D eigenvalue weighted by Gasteiger charge is 2.22. The van der Waals surface area contributed by atoms with Crippen LogP contribution in [0.25, 0.3) is 0 Å². The summed E-state index contributed by atoms with van der Waals surface area (Å²) in [6.45, 7) is 1.84. The van der Waals surface area contributed by atoms with Crippen molar-refractivity contribution < 1.29 is 4.74 Å². The Morgan fingerprint density at radius 3 is 2.40 bits per heavy atom. The van der Waals surface area contributed by atoms with Crippen LogP contribution in [0.4, 0.5) is 5.69 Å². The molecular weight excluding hydrogens is 188 g/mol. The smallest absolute Gasteiger partial charge is 0.136 e. The quantitative estimate of drug-likeness (QED) is 0.732. The predicted octanol–water partition coefficient (Wildman–Crippen LogP) is 1.71. The zero-order valence-electron chi connectivity index (χ0n) is 9.60. The Balaban J connectivity index is 2.16. The number of nitrogens with zero attached hydrogens (tertiary/aromatic N) is 2. The minimum absolute atomic E-state index is 0.140.